The molecule has 2 unspecified atom stereocenters. The predicted octanol–water partition coefficient (Wildman–Crippen LogP) is -2.58. The Labute approximate surface area is 155 Å². The first kappa shape index (κ1) is 19.9. The van der Waals surface area contributed by atoms with Crippen LogP contribution in [-0.2, 0) is 33.2 Å². The summed E-state index contributed by atoms with van der Waals surface area (Å²) in [6, 6.07) is 0. The van der Waals surface area contributed by atoms with Crippen molar-refractivity contribution < 1.29 is 53.6 Å². The smallest absolute Gasteiger partial charge is 0.189 e. The van der Waals surface area contributed by atoms with Crippen LogP contribution in [0.3, 0.4) is 0 Å². The molecule has 4 N–H and O–H groups in total. The number of rotatable bonds is 2. The third-order valence-electron chi connectivity index (χ3n) is 5.24. The van der Waals surface area contributed by atoms with Crippen LogP contribution >= 0.6 is 0 Å². The van der Waals surface area contributed by atoms with Gasteiger partial charge in [-0.2, -0.15) is 0 Å². The Morgan fingerprint density at radius 1 is 0.630 bits per heavy atom. The maximum absolute atomic E-state index is 10.3. The molecule has 0 aromatic heterocycles. The third-order valence-corrected chi connectivity index (χ3v) is 5.24. The van der Waals surface area contributed by atoms with E-state index in [0.29, 0.717) is 0 Å². The van der Waals surface area contributed by atoms with Gasteiger partial charge in [0.1, 0.15) is 48.8 Å². The summed E-state index contributed by atoms with van der Waals surface area (Å²) in [5, 5.41) is 41.4. The second kappa shape index (κ2) is 7.76. The summed E-state index contributed by atoms with van der Waals surface area (Å²) >= 11 is 0. The zero-order valence-corrected chi connectivity index (χ0v) is 15.0. The van der Waals surface area contributed by atoms with E-state index in [2.05, 4.69) is 0 Å². The molecule has 0 saturated carbocycles. The van der Waals surface area contributed by atoms with Crippen molar-refractivity contribution in [2.24, 2.45) is 0 Å². The fourth-order valence-corrected chi connectivity index (χ4v) is 3.75. The van der Waals surface area contributed by atoms with Gasteiger partial charge in [-0.25, -0.2) is 0 Å². The Kier molecular flexibility index (Phi) is 5.71. The summed E-state index contributed by atoms with van der Waals surface area (Å²) in [6.45, 7) is 3.65. The molecule has 0 bridgehead atoms. The van der Waals surface area contributed by atoms with Crippen LogP contribution in [0.4, 0.5) is 0 Å². The Bertz CT molecular complexity index is 473. The highest BCUT2D eigenvalue weighted by atomic mass is 16.8. The van der Waals surface area contributed by atoms with Crippen LogP contribution in [0, 0.1) is 0 Å². The monoisotopic (exact) mass is 394 g/mol. The molecule has 0 aliphatic carbocycles. The molecular formula is C16H26O11. The van der Waals surface area contributed by atoms with Gasteiger partial charge in [0.25, 0.3) is 0 Å². The lowest BCUT2D eigenvalue weighted by molar-refractivity contribution is -0.408. The fraction of sp³-hybridized carbons (Fsp3) is 1.00. The number of aliphatic hydroxyl groups excluding tert-OH is 4. The van der Waals surface area contributed by atoms with E-state index < -0.39 is 74.0 Å². The average Bonchev–Trinajstić information content (AvgIpc) is 2.65. The molecule has 156 valence electrons. The molecule has 11 nitrogen and oxygen atoms in total. The van der Waals surface area contributed by atoms with E-state index in [9.17, 15) is 20.4 Å². The van der Waals surface area contributed by atoms with E-state index in [-0.39, 0.29) is 13.2 Å². The molecule has 0 spiro atoms. The SMILES string of the molecule is CC1OC[C@H]2O[C@H](O[C@H]3O[C@@H]4COC(C)O[C@H]4[C@H](O)[C@H]3O)[C@H](O)[C@@H](O)[C@@H]2O1. The molecule has 0 aromatic rings. The van der Waals surface area contributed by atoms with Gasteiger partial charge >= 0.3 is 0 Å². The Hall–Kier alpha value is -0.440. The highest BCUT2D eigenvalue weighted by Crippen LogP contribution is 2.33. The van der Waals surface area contributed by atoms with E-state index in [4.69, 9.17) is 33.2 Å². The summed E-state index contributed by atoms with van der Waals surface area (Å²) in [5.41, 5.74) is 0. The van der Waals surface area contributed by atoms with Gasteiger partial charge < -0.3 is 53.6 Å². The van der Waals surface area contributed by atoms with E-state index in [0.717, 1.165) is 0 Å². The molecule has 4 fully saturated rings. The van der Waals surface area contributed by atoms with Crippen LogP contribution in [0.15, 0.2) is 0 Å². The first-order chi connectivity index (χ1) is 12.8. The quantitative estimate of drug-likeness (QED) is 0.392. The predicted molar refractivity (Wildman–Crippen MR) is 83.0 cm³/mol. The van der Waals surface area contributed by atoms with Crippen LogP contribution in [0.2, 0.25) is 0 Å². The van der Waals surface area contributed by atoms with Crippen molar-refractivity contribution in [2.45, 2.75) is 87.8 Å². The van der Waals surface area contributed by atoms with Crippen molar-refractivity contribution in [3.05, 3.63) is 0 Å². The topological polar surface area (TPSA) is 146 Å². The lowest BCUT2D eigenvalue weighted by Gasteiger charge is -2.49. The average molecular weight is 394 g/mol. The van der Waals surface area contributed by atoms with Gasteiger partial charge in [-0.05, 0) is 13.8 Å². The first-order valence-electron chi connectivity index (χ1n) is 9.08. The Balaban J connectivity index is 1.42. The molecule has 4 saturated heterocycles. The molecule has 4 heterocycles. The lowest BCUT2D eigenvalue weighted by atomic mass is 9.97. The molecule has 0 radical (unpaired) electrons. The number of aliphatic hydroxyl groups is 4. The zero-order chi connectivity index (χ0) is 19.3. The van der Waals surface area contributed by atoms with Gasteiger partial charge in [-0.1, -0.05) is 0 Å². The minimum Gasteiger partial charge on any atom is -0.387 e. The van der Waals surface area contributed by atoms with Crippen LogP contribution in [-0.4, -0.2) is 108 Å². The second-order valence-electron chi connectivity index (χ2n) is 7.19. The second-order valence-corrected chi connectivity index (χ2v) is 7.19. The van der Waals surface area contributed by atoms with Gasteiger partial charge in [-0.15, -0.1) is 0 Å². The molecule has 11 heteroatoms. The Morgan fingerprint density at radius 2 is 1.04 bits per heavy atom. The number of fused-ring (bicyclic) bond motifs is 2. The highest BCUT2D eigenvalue weighted by molar-refractivity contribution is 4.95. The largest absolute Gasteiger partial charge is 0.387 e. The van der Waals surface area contributed by atoms with Gasteiger partial charge in [0.05, 0.1) is 13.2 Å². The molecule has 0 amide bonds. The molecule has 0 aromatic carbocycles. The van der Waals surface area contributed by atoms with E-state index in [1.165, 1.54) is 0 Å². The number of hydrogen-bond donors (Lipinski definition) is 4. The van der Waals surface area contributed by atoms with Gasteiger partial charge in [0.15, 0.2) is 25.2 Å². The molecule has 27 heavy (non-hydrogen) atoms. The van der Waals surface area contributed by atoms with Crippen LogP contribution in [0.1, 0.15) is 13.8 Å². The zero-order valence-electron chi connectivity index (χ0n) is 15.0. The van der Waals surface area contributed by atoms with Crippen LogP contribution in [0.5, 0.6) is 0 Å². The number of ether oxygens (including phenoxy) is 7. The first-order valence-corrected chi connectivity index (χ1v) is 9.08. The maximum Gasteiger partial charge on any atom is 0.189 e. The van der Waals surface area contributed by atoms with E-state index in [1.807, 2.05) is 0 Å². The van der Waals surface area contributed by atoms with Gasteiger partial charge in [0, 0.05) is 0 Å². The standard InChI is InChI=1S/C16H26O11/c1-5-21-3-7-13(23-5)9(17)11(19)15(25-7)27-16-12(20)10(18)14-8(26-16)4-22-6(2)24-14/h5-20H,3-4H2,1-2H3/t5?,6?,7-,8-,9-,10-,11-,12-,13-,14-,15-,16-/m1/s1. The lowest BCUT2D eigenvalue weighted by Crippen LogP contribution is -2.66. The molecule has 4 aliphatic heterocycles. The molecule has 4 aliphatic rings. The minimum atomic E-state index is -1.44. The van der Waals surface area contributed by atoms with Crippen molar-refractivity contribution in [1.82, 2.24) is 0 Å². The van der Waals surface area contributed by atoms with Gasteiger partial charge in [0.2, 0.25) is 0 Å². The van der Waals surface area contributed by atoms with Crippen molar-refractivity contribution in [1.29, 1.82) is 0 Å². The van der Waals surface area contributed by atoms with E-state index in [1.54, 1.807) is 13.8 Å². The maximum atomic E-state index is 10.3. The molecule has 12 atom stereocenters. The summed E-state index contributed by atoms with van der Waals surface area (Å²) in [7, 11) is 0. The normalized spacial score (nSPS) is 56.2. The van der Waals surface area contributed by atoms with Crippen LogP contribution < -0.4 is 0 Å². The third kappa shape index (κ3) is 3.74. The van der Waals surface area contributed by atoms with E-state index >= 15 is 0 Å². The van der Waals surface area contributed by atoms with Crippen LogP contribution in [0.25, 0.3) is 0 Å². The van der Waals surface area contributed by atoms with Crippen molar-refractivity contribution >= 4 is 0 Å². The summed E-state index contributed by atoms with van der Waals surface area (Å²) in [4.78, 5) is 0. The van der Waals surface area contributed by atoms with Crippen molar-refractivity contribution in [2.75, 3.05) is 13.2 Å². The molecular weight excluding hydrogens is 368 g/mol. The van der Waals surface area contributed by atoms with Crippen molar-refractivity contribution in [3.8, 4) is 0 Å². The Morgan fingerprint density at radius 3 is 1.44 bits per heavy atom. The highest BCUT2D eigenvalue weighted by Gasteiger charge is 2.53. The summed E-state index contributed by atoms with van der Waals surface area (Å²) < 4.78 is 38.5. The number of hydrogen-bond acceptors (Lipinski definition) is 11. The fourth-order valence-electron chi connectivity index (χ4n) is 3.75. The van der Waals surface area contributed by atoms with Gasteiger partial charge in [-0.3, -0.25) is 0 Å². The minimum absolute atomic E-state index is 0.149. The summed E-state index contributed by atoms with van der Waals surface area (Å²) in [6.07, 6.45) is -12.0. The molecule has 4 rings (SSSR count). The summed E-state index contributed by atoms with van der Waals surface area (Å²) in [5.74, 6) is 0. The van der Waals surface area contributed by atoms with Crippen molar-refractivity contribution in [3.63, 3.8) is 0 Å².